The molecule has 132 valence electrons. The second-order valence-corrected chi connectivity index (χ2v) is 5.75. The number of methoxy groups -OCH3 is 1. The number of carbonyl (C=O) groups is 3. The first-order valence-corrected chi connectivity index (χ1v) is 8.03. The van der Waals surface area contributed by atoms with E-state index in [1.807, 2.05) is 26.0 Å². The zero-order valence-electron chi connectivity index (χ0n) is 14.8. The summed E-state index contributed by atoms with van der Waals surface area (Å²) in [6, 6.07) is 5.57. The third-order valence-electron chi connectivity index (χ3n) is 3.83. The Labute approximate surface area is 143 Å². The molecule has 0 atom stereocenters. The second-order valence-electron chi connectivity index (χ2n) is 5.75. The molecule has 0 saturated carbocycles. The highest BCUT2D eigenvalue weighted by molar-refractivity contribution is 5.94. The van der Waals surface area contributed by atoms with Gasteiger partial charge in [-0.3, -0.25) is 14.4 Å². The first-order valence-electron chi connectivity index (χ1n) is 8.03. The Morgan fingerprint density at radius 1 is 1.12 bits per heavy atom. The lowest BCUT2D eigenvalue weighted by Crippen LogP contribution is -2.35. The average molecular weight is 334 g/mol. The first kappa shape index (κ1) is 19.7. The lowest BCUT2D eigenvalue weighted by Gasteiger charge is -2.23. The smallest absolute Gasteiger partial charge is 0.307 e. The molecule has 2 amide bonds. The molecule has 6 heteroatoms. The van der Waals surface area contributed by atoms with E-state index >= 15 is 0 Å². The number of hydrogen-bond donors (Lipinski definition) is 1. The van der Waals surface area contributed by atoms with Crippen LogP contribution in [0.3, 0.4) is 0 Å². The van der Waals surface area contributed by atoms with E-state index in [1.54, 1.807) is 11.0 Å². The molecule has 24 heavy (non-hydrogen) atoms. The molecule has 0 fully saturated rings. The largest absolute Gasteiger partial charge is 0.469 e. The van der Waals surface area contributed by atoms with Crippen LogP contribution in [0, 0.1) is 13.8 Å². The van der Waals surface area contributed by atoms with E-state index in [-0.39, 0.29) is 24.2 Å². The van der Waals surface area contributed by atoms with E-state index in [9.17, 15) is 14.4 Å². The monoisotopic (exact) mass is 334 g/mol. The summed E-state index contributed by atoms with van der Waals surface area (Å²) in [5.74, 6) is -0.573. The summed E-state index contributed by atoms with van der Waals surface area (Å²) >= 11 is 0. The van der Waals surface area contributed by atoms with E-state index in [0.29, 0.717) is 31.6 Å². The van der Waals surface area contributed by atoms with Gasteiger partial charge in [-0.15, -0.1) is 0 Å². The molecule has 0 unspecified atom stereocenters. The Hall–Kier alpha value is -2.37. The van der Waals surface area contributed by atoms with Gasteiger partial charge in [0.15, 0.2) is 0 Å². The van der Waals surface area contributed by atoms with E-state index in [2.05, 4.69) is 10.1 Å². The number of amides is 2. The van der Waals surface area contributed by atoms with E-state index in [4.69, 9.17) is 0 Å². The number of carbonyl (C=O) groups excluding carboxylic acids is 3. The number of benzene rings is 1. The lowest BCUT2D eigenvalue weighted by molar-refractivity contribution is -0.140. The van der Waals surface area contributed by atoms with Crippen LogP contribution >= 0.6 is 0 Å². The predicted octanol–water partition coefficient (Wildman–Crippen LogP) is 1.83. The van der Waals surface area contributed by atoms with Crippen molar-refractivity contribution < 1.29 is 19.1 Å². The normalized spacial score (nSPS) is 10.2. The summed E-state index contributed by atoms with van der Waals surface area (Å²) in [5.41, 5.74) is 2.77. The Morgan fingerprint density at radius 3 is 2.42 bits per heavy atom. The van der Waals surface area contributed by atoms with Crippen molar-refractivity contribution in [1.82, 2.24) is 10.2 Å². The van der Waals surface area contributed by atoms with Crippen LogP contribution in [0.25, 0.3) is 0 Å². The van der Waals surface area contributed by atoms with Crippen LogP contribution in [0.2, 0.25) is 0 Å². The predicted molar refractivity (Wildman–Crippen MR) is 91.8 cm³/mol. The van der Waals surface area contributed by atoms with Crippen molar-refractivity contribution in [1.29, 1.82) is 0 Å². The van der Waals surface area contributed by atoms with Gasteiger partial charge in [0.1, 0.15) is 0 Å². The van der Waals surface area contributed by atoms with Gasteiger partial charge in [-0.1, -0.05) is 6.07 Å². The number of hydrogen-bond acceptors (Lipinski definition) is 4. The fourth-order valence-electron chi connectivity index (χ4n) is 2.23. The fourth-order valence-corrected chi connectivity index (χ4v) is 2.23. The summed E-state index contributed by atoms with van der Waals surface area (Å²) < 4.78 is 4.64. The number of nitrogens with one attached hydrogen (secondary N) is 1. The van der Waals surface area contributed by atoms with Crippen LogP contribution in [-0.2, 0) is 14.3 Å². The maximum absolute atomic E-state index is 12.7. The highest BCUT2D eigenvalue weighted by Gasteiger charge is 2.17. The maximum Gasteiger partial charge on any atom is 0.307 e. The number of aryl methyl sites for hydroxylation is 2. The molecule has 0 aliphatic carbocycles. The minimum Gasteiger partial charge on any atom is -0.469 e. The molecule has 0 aromatic heterocycles. The molecule has 1 rings (SSSR count). The molecule has 0 radical (unpaired) electrons. The van der Waals surface area contributed by atoms with Gasteiger partial charge >= 0.3 is 5.97 Å². The van der Waals surface area contributed by atoms with E-state index in [1.165, 1.54) is 14.0 Å². The van der Waals surface area contributed by atoms with Gasteiger partial charge in [0, 0.05) is 32.1 Å². The van der Waals surface area contributed by atoms with Crippen LogP contribution in [0.5, 0.6) is 0 Å². The van der Waals surface area contributed by atoms with Crippen molar-refractivity contribution in [3.63, 3.8) is 0 Å². The highest BCUT2D eigenvalue weighted by atomic mass is 16.5. The van der Waals surface area contributed by atoms with E-state index in [0.717, 1.165) is 11.1 Å². The molecule has 1 aromatic carbocycles. The Balaban J connectivity index is 2.76. The molecular weight excluding hydrogens is 308 g/mol. The number of ether oxygens (including phenoxy) is 1. The van der Waals surface area contributed by atoms with Crippen molar-refractivity contribution in [2.24, 2.45) is 0 Å². The summed E-state index contributed by atoms with van der Waals surface area (Å²) in [7, 11) is 1.33. The Bertz CT molecular complexity index is 599. The first-order chi connectivity index (χ1) is 11.3. The highest BCUT2D eigenvalue weighted by Crippen LogP contribution is 2.13. The number of rotatable bonds is 8. The van der Waals surface area contributed by atoms with Crippen LogP contribution in [0.4, 0.5) is 0 Å². The molecule has 0 saturated heterocycles. The second kappa shape index (κ2) is 9.70. The molecule has 0 aliphatic rings. The molecular formula is C18H26N2O4. The Kier molecular flexibility index (Phi) is 7.95. The van der Waals surface area contributed by atoms with Gasteiger partial charge in [0.05, 0.1) is 13.5 Å². The molecule has 1 aromatic rings. The van der Waals surface area contributed by atoms with Gasteiger partial charge in [0.2, 0.25) is 5.91 Å². The fraction of sp³-hybridized carbons (Fsp3) is 0.500. The van der Waals surface area contributed by atoms with Crippen molar-refractivity contribution in [2.45, 2.75) is 33.6 Å². The van der Waals surface area contributed by atoms with Crippen LogP contribution in [0.15, 0.2) is 18.2 Å². The van der Waals surface area contributed by atoms with Gasteiger partial charge in [-0.25, -0.2) is 0 Å². The quantitative estimate of drug-likeness (QED) is 0.581. The SMILES string of the molecule is COC(=O)CCN(CCCNC(C)=O)C(=O)c1ccc(C)c(C)c1. The molecule has 0 aliphatic heterocycles. The van der Waals surface area contributed by atoms with Crippen LogP contribution < -0.4 is 5.32 Å². The molecule has 0 spiro atoms. The van der Waals surface area contributed by atoms with Gasteiger partial charge < -0.3 is 15.0 Å². The van der Waals surface area contributed by atoms with Crippen molar-refractivity contribution >= 4 is 17.8 Å². The number of esters is 1. The van der Waals surface area contributed by atoms with Crippen LogP contribution in [0.1, 0.15) is 41.3 Å². The van der Waals surface area contributed by atoms with Crippen molar-refractivity contribution in [2.75, 3.05) is 26.7 Å². The molecule has 1 N–H and O–H groups in total. The summed E-state index contributed by atoms with van der Waals surface area (Å²) in [4.78, 5) is 36.6. The Morgan fingerprint density at radius 2 is 1.83 bits per heavy atom. The molecule has 0 heterocycles. The van der Waals surface area contributed by atoms with E-state index < -0.39 is 0 Å². The van der Waals surface area contributed by atoms with Crippen LogP contribution in [-0.4, -0.2) is 49.4 Å². The minimum absolute atomic E-state index is 0.100. The molecule has 6 nitrogen and oxygen atoms in total. The third-order valence-corrected chi connectivity index (χ3v) is 3.83. The van der Waals surface area contributed by atoms with Crippen molar-refractivity contribution in [3.05, 3.63) is 34.9 Å². The maximum atomic E-state index is 12.7. The average Bonchev–Trinajstić information content (AvgIpc) is 2.55. The summed E-state index contributed by atoms with van der Waals surface area (Å²) in [6.45, 7) is 6.65. The van der Waals surface area contributed by atoms with Gasteiger partial charge in [-0.05, 0) is 43.5 Å². The van der Waals surface area contributed by atoms with Gasteiger partial charge in [-0.2, -0.15) is 0 Å². The number of nitrogens with zero attached hydrogens (tertiary/aromatic N) is 1. The van der Waals surface area contributed by atoms with Crippen molar-refractivity contribution in [3.8, 4) is 0 Å². The summed E-state index contributed by atoms with van der Waals surface area (Å²) in [6.07, 6.45) is 0.768. The zero-order valence-corrected chi connectivity index (χ0v) is 14.8. The summed E-state index contributed by atoms with van der Waals surface area (Å²) in [5, 5.41) is 2.70. The topological polar surface area (TPSA) is 75.7 Å². The standard InChI is InChI=1S/C18H26N2O4/c1-13-6-7-16(12-14(13)2)18(23)20(11-8-17(22)24-4)10-5-9-19-15(3)21/h6-7,12H,5,8-11H2,1-4H3,(H,19,21). The minimum atomic E-state index is -0.352. The zero-order chi connectivity index (χ0) is 18.1. The molecule has 0 bridgehead atoms. The lowest BCUT2D eigenvalue weighted by atomic mass is 10.1. The van der Waals surface area contributed by atoms with Gasteiger partial charge in [0.25, 0.3) is 5.91 Å². The third kappa shape index (κ3) is 6.40.